The normalized spacial score (nSPS) is 23.2. The van der Waals surface area contributed by atoms with Crippen LogP contribution in [0.2, 0.25) is 0 Å². The molecule has 3 amide bonds. The highest BCUT2D eigenvalue weighted by Crippen LogP contribution is 2.35. The molecule has 3 aliphatic rings. The Kier molecular flexibility index (Phi) is 5.51. The molecule has 6 rings (SSSR count). The van der Waals surface area contributed by atoms with Crippen LogP contribution in [0.3, 0.4) is 0 Å². The van der Waals surface area contributed by atoms with Crippen LogP contribution in [0.4, 0.5) is 5.69 Å². The number of aromatic nitrogens is 1. The molecule has 4 heterocycles. The second-order valence-electron chi connectivity index (χ2n) is 11.6. The number of nitrogens with zero attached hydrogens (tertiary/aromatic N) is 2. The van der Waals surface area contributed by atoms with Crippen molar-refractivity contribution >= 4 is 34.3 Å². The number of hydrogen-bond acceptors (Lipinski definition) is 4. The zero-order valence-electron chi connectivity index (χ0n) is 21.5. The van der Waals surface area contributed by atoms with Gasteiger partial charge in [-0.05, 0) is 35.6 Å². The summed E-state index contributed by atoms with van der Waals surface area (Å²) < 4.78 is 0. The van der Waals surface area contributed by atoms with Crippen LogP contribution in [-0.4, -0.2) is 69.8 Å². The van der Waals surface area contributed by atoms with E-state index in [1.165, 1.54) is 5.56 Å². The van der Waals surface area contributed by atoms with E-state index in [9.17, 15) is 14.4 Å². The molecule has 2 fully saturated rings. The Morgan fingerprint density at radius 3 is 2.38 bits per heavy atom. The molecule has 2 saturated heterocycles. The van der Waals surface area contributed by atoms with Crippen LogP contribution in [0.5, 0.6) is 0 Å². The number of nitrogens with one attached hydrogen (secondary N) is 3. The third kappa shape index (κ3) is 4.14. The van der Waals surface area contributed by atoms with Gasteiger partial charge in [0.2, 0.25) is 11.8 Å². The zero-order chi connectivity index (χ0) is 25.9. The third-order valence-electron chi connectivity index (χ3n) is 8.04. The Balaban J connectivity index is 1.13. The number of benzene rings is 2. The molecule has 1 aromatic heterocycles. The van der Waals surface area contributed by atoms with Crippen molar-refractivity contribution in [3.63, 3.8) is 0 Å². The fourth-order valence-corrected chi connectivity index (χ4v) is 6.07. The van der Waals surface area contributed by atoms with Gasteiger partial charge >= 0.3 is 0 Å². The second-order valence-corrected chi connectivity index (χ2v) is 11.6. The van der Waals surface area contributed by atoms with E-state index in [0.717, 1.165) is 23.0 Å². The van der Waals surface area contributed by atoms with E-state index in [1.54, 1.807) is 0 Å². The highest BCUT2D eigenvalue weighted by atomic mass is 16.2. The van der Waals surface area contributed by atoms with Crippen molar-refractivity contribution in [3.8, 4) is 0 Å². The maximum Gasteiger partial charge on any atom is 0.268 e. The second kappa shape index (κ2) is 8.64. The first kappa shape index (κ1) is 23.6. The Bertz CT molecular complexity index is 1330. The molecule has 8 nitrogen and oxygen atoms in total. The summed E-state index contributed by atoms with van der Waals surface area (Å²) in [4.78, 5) is 47.3. The van der Waals surface area contributed by atoms with Crippen LogP contribution in [-0.2, 0) is 16.0 Å². The van der Waals surface area contributed by atoms with Gasteiger partial charge in [-0.2, -0.15) is 0 Å². The number of aromatic amines is 1. The topological polar surface area (TPSA) is 97.5 Å². The molecule has 4 atom stereocenters. The Hall–Kier alpha value is -3.81. The molecular formula is C29H33N5O3. The highest BCUT2D eigenvalue weighted by molar-refractivity contribution is 6.00. The molecule has 37 heavy (non-hydrogen) atoms. The summed E-state index contributed by atoms with van der Waals surface area (Å²) in [6.07, 6.45) is 1.47. The zero-order valence-corrected chi connectivity index (χ0v) is 21.5. The van der Waals surface area contributed by atoms with Crippen LogP contribution in [0.25, 0.3) is 10.9 Å². The highest BCUT2D eigenvalue weighted by Gasteiger charge is 2.50. The SMILES string of the molecule is CC(C)(C)[C@H](NC(=O)c1cc2ccccc2[nH]1)C(=O)N1C[C@@H]2C[C@H]1CN2C(=O)[C@@H]1Cc2ccccc2N1. The standard InChI is InChI=1S/C29H33N5O3/c1-29(2,3)25(32-26(35)23-12-17-8-4-6-10-21(17)30-23)28(37)34-16-19-14-20(34)15-33(19)27(36)24-13-18-9-5-7-11-22(18)31-24/h4-12,19-20,24-25,30-31H,13-16H2,1-3H3,(H,32,35)/t19-,20-,24-,25+/m0/s1. The minimum Gasteiger partial charge on any atom is -0.373 e. The number of piperazine rings is 1. The van der Waals surface area contributed by atoms with Crippen molar-refractivity contribution in [2.45, 2.75) is 57.8 Å². The summed E-state index contributed by atoms with van der Waals surface area (Å²) >= 11 is 0. The van der Waals surface area contributed by atoms with Crippen molar-refractivity contribution in [2.75, 3.05) is 18.4 Å². The number of carbonyl (C=O) groups excluding carboxylic acids is 3. The van der Waals surface area contributed by atoms with Gasteiger partial charge in [0.15, 0.2) is 0 Å². The van der Waals surface area contributed by atoms with Crippen molar-refractivity contribution in [1.29, 1.82) is 0 Å². The number of hydrogen-bond donors (Lipinski definition) is 3. The van der Waals surface area contributed by atoms with Gasteiger partial charge < -0.3 is 25.4 Å². The molecule has 2 aromatic carbocycles. The van der Waals surface area contributed by atoms with E-state index in [1.807, 2.05) is 79.1 Å². The van der Waals surface area contributed by atoms with Crippen LogP contribution in [0.15, 0.2) is 54.6 Å². The number of H-pyrrole nitrogens is 1. The lowest BCUT2D eigenvalue weighted by Crippen LogP contribution is -2.60. The third-order valence-corrected chi connectivity index (χ3v) is 8.04. The van der Waals surface area contributed by atoms with Gasteiger partial charge in [0.25, 0.3) is 5.91 Å². The van der Waals surface area contributed by atoms with Crippen molar-refractivity contribution in [3.05, 3.63) is 65.9 Å². The molecule has 2 bridgehead atoms. The number of para-hydroxylation sites is 2. The van der Waals surface area contributed by atoms with Crippen molar-refractivity contribution < 1.29 is 14.4 Å². The number of likely N-dealkylation sites (tertiary alicyclic amines) is 2. The quantitative estimate of drug-likeness (QED) is 0.514. The number of amides is 3. The summed E-state index contributed by atoms with van der Waals surface area (Å²) in [7, 11) is 0. The molecule has 0 spiro atoms. The van der Waals surface area contributed by atoms with Crippen LogP contribution < -0.4 is 10.6 Å². The lowest BCUT2D eigenvalue weighted by Gasteiger charge is -2.39. The predicted molar refractivity (Wildman–Crippen MR) is 142 cm³/mol. The summed E-state index contributed by atoms with van der Waals surface area (Å²) in [5.74, 6) is -0.268. The molecule has 3 aromatic rings. The van der Waals surface area contributed by atoms with Crippen LogP contribution in [0.1, 0.15) is 43.2 Å². The van der Waals surface area contributed by atoms with E-state index < -0.39 is 11.5 Å². The number of fused-ring (bicyclic) bond motifs is 4. The molecule has 3 aliphatic heterocycles. The van der Waals surface area contributed by atoms with E-state index in [4.69, 9.17) is 0 Å². The first-order chi connectivity index (χ1) is 17.7. The van der Waals surface area contributed by atoms with Crippen LogP contribution in [0, 0.1) is 5.41 Å². The number of carbonyl (C=O) groups is 3. The van der Waals surface area contributed by atoms with Crippen molar-refractivity contribution in [1.82, 2.24) is 20.1 Å². The molecule has 0 radical (unpaired) electrons. The molecule has 192 valence electrons. The molecule has 0 aliphatic carbocycles. The maximum atomic E-state index is 13.8. The smallest absolute Gasteiger partial charge is 0.268 e. The average molecular weight is 500 g/mol. The minimum atomic E-state index is -0.680. The van der Waals surface area contributed by atoms with E-state index in [-0.39, 0.29) is 35.8 Å². The summed E-state index contributed by atoms with van der Waals surface area (Å²) in [6, 6.07) is 16.6. The van der Waals surface area contributed by atoms with Gasteiger partial charge in [0.05, 0.1) is 12.1 Å². The molecule has 0 unspecified atom stereocenters. The van der Waals surface area contributed by atoms with Crippen molar-refractivity contribution in [2.24, 2.45) is 5.41 Å². The van der Waals surface area contributed by atoms with Crippen LogP contribution >= 0.6 is 0 Å². The van der Waals surface area contributed by atoms with Gasteiger partial charge in [-0.15, -0.1) is 0 Å². The van der Waals surface area contributed by atoms with Gasteiger partial charge in [0, 0.05) is 36.1 Å². The summed E-state index contributed by atoms with van der Waals surface area (Å²) in [6.45, 7) is 6.94. The van der Waals surface area contributed by atoms with Gasteiger partial charge in [-0.25, -0.2) is 0 Å². The van der Waals surface area contributed by atoms with Gasteiger partial charge in [-0.1, -0.05) is 57.2 Å². The number of rotatable bonds is 4. The minimum absolute atomic E-state index is 0.0111. The lowest BCUT2D eigenvalue weighted by molar-refractivity contribution is -0.142. The Morgan fingerprint density at radius 2 is 1.68 bits per heavy atom. The monoisotopic (exact) mass is 499 g/mol. The fourth-order valence-electron chi connectivity index (χ4n) is 6.07. The molecule has 8 heteroatoms. The molecular weight excluding hydrogens is 466 g/mol. The number of anilines is 1. The van der Waals surface area contributed by atoms with E-state index >= 15 is 0 Å². The maximum absolute atomic E-state index is 13.8. The first-order valence-corrected chi connectivity index (χ1v) is 13.0. The summed E-state index contributed by atoms with van der Waals surface area (Å²) in [5.41, 5.74) is 3.04. The Morgan fingerprint density at radius 1 is 0.973 bits per heavy atom. The largest absolute Gasteiger partial charge is 0.373 e. The summed E-state index contributed by atoms with van der Waals surface area (Å²) in [5, 5.41) is 7.33. The Labute approximate surface area is 216 Å². The average Bonchev–Trinajstić information content (AvgIpc) is 3.66. The lowest BCUT2D eigenvalue weighted by atomic mass is 9.85. The first-order valence-electron chi connectivity index (χ1n) is 13.0. The predicted octanol–water partition coefficient (Wildman–Crippen LogP) is 3.16. The molecule has 0 saturated carbocycles. The van der Waals surface area contributed by atoms with E-state index in [0.29, 0.717) is 25.2 Å². The molecule has 3 N–H and O–H groups in total. The van der Waals surface area contributed by atoms with Gasteiger partial charge in [0.1, 0.15) is 17.8 Å². The van der Waals surface area contributed by atoms with Gasteiger partial charge in [-0.3, -0.25) is 14.4 Å². The van der Waals surface area contributed by atoms with E-state index in [2.05, 4.69) is 21.7 Å². The fraction of sp³-hybridized carbons (Fsp3) is 0.414.